The topological polar surface area (TPSA) is 61.5 Å². The number of nitrogens with two attached hydrogens (primary N) is 1. The molecule has 1 aliphatic carbocycles. The van der Waals surface area contributed by atoms with Gasteiger partial charge in [0.2, 0.25) is 0 Å². The monoisotopic (exact) mass is 309 g/mol. The van der Waals surface area contributed by atoms with Gasteiger partial charge in [-0.2, -0.15) is 0 Å². The quantitative estimate of drug-likeness (QED) is 0.619. The molecule has 0 aromatic heterocycles. The molecule has 21 heavy (non-hydrogen) atoms. The molecule has 2 N–H and O–H groups in total. The normalized spacial score (nSPS) is 17.1. The molecule has 1 atom stereocenters. The van der Waals surface area contributed by atoms with Crippen LogP contribution < -0.4 is 10.5 Å². The van der Waals surface area contributed by atoms with E-state index in [-0.39, 0.29) is 17.4 Å². The largest absolute Gasteiger partial charge is 0.496 e. The van der Waals surface area contributed by atoms with Crippen molar-refractivity contribution in [3.63, 3.8) is 0 Å². The highest BCUT2D eigenvalue weighted by molar-refractivity contribution is 7.99. The molecule has 1 aromatic rings. The molecule has 1 aromatic carbocycles. The summed E-state index contributed by atoms with van der Waals surface area (Å²) < 4.78 is 10.2. The maximum absolute atomic E-state index is 11.5. The van der Waals surface area contributed by atoms with E-state index in [9.17, 15) is 4.79 Å². The second-order valence-corrected chi connectivity index (χ2v) is 6.72. The molecule has 0 bridgehead atoms. The van der Waals surface area contributed by atoms with Crippen molar-refractivity contribution in [3.05, 3.63) is 23.8 Å². The van der Waals surface area contributed by atoms with E-state index in [0.29, 0.717) is 6.42 Å². The van der Waals surface area contributed by atoms with Crippen molar-refractivity contribution in [2.45, 2.75) is 37.1 Å². The van der Waals surface area contributed by atoms with E-state index in [1.54, 1.807) is 18.9 Å². The number of esters is 1. The van der Waals surface area contributed by atoms with E-state index in [2.05, 4.69) is 6.07 Å². The Hall–Kier alpha value is -1.20. The Balaban J connectivity index is 2.08. The molecule has 0 amide bonds. The fraction of sp³-hybridized carbons (Fsp3) is 0.562. The van der Waals surface area contributed by atoms with Crippen molar-refractivity contribution >= 4 is 17.7 Å². The van der Waals surface area contributed by atoms with Crippen molar-refractivity contribution in [2.24, 2.45) is 11.1 Å². The zero-order chi connectivity index (χ0) is 15.5. The number of rotatable bonds is 7. The number of hydrogen-bond acceptors (Lipinski definition) is 5. The Bertz CT molecular complexity index is 512. The van der Waals surface area contributed by atoms with E-state index in [1.165, 1.54) is 7.11 Å². The minimum atomic E-state index is -0.119. The second kappa shape index (κ2) is 6.71. The van der Waals surface area contributed by atoms with Gasteiger partial charge in [-0.3, -0.25) is 4.79 Å². The molecule has 1 saturated carbocycles. The first-order valence-corrected chi connectivity index (χ1v) is 8.12. The standard InChI is InChI=1S/C16H23NO3S/c1-11(17)15-12(19-2)5-4-6-13(15)21-10-16(7-8-16)9-14(18)20-3/h4-6,11H,7-10,17H2,1-3H3/t11-/m1/s1. The molecule has 1 aliphatic rings. The number of carbonyl (C=O) groups is 1. The van der Waals surface area contributed by atoms with E-state index in [0.717, 1.165) is 34.8 Å². The van der Waals surface area contributed by atoms with Crippen LogP contribution in [0.1, 0.15) is 37.8 Å². The average Bonchev–Trinajstić information content (AvgIpc) is 3.24. The Morgan fingerprint density at radius 1 is 1.43 bits per heavy atom. The summed E-state index contributed by atoms with van der Waals surface area (Å²) >= 11 is 1.76. The zero-order valence-corrected chi connectivity index (χ0v) is 13.7. The lowest BCUT2D eigenvalue weighted by atomic mass is 10.1. The molecule has 0 saturated heterocycles. The first kappa shape index (κ1) is 16.2. The number of ether oxygens (including phenoxy) is 2. The van der Waals surface area contributed by atoms with Gasteiger partial charge < -0.3 is 15.2 Å². The van der Waals surface area contributed by atoms with Gasteiger partial charge in [-0.25, -0.2) is 0 Å². The maximum atomic E-state index is 11.5. The number of hydrogen-bond donors (Lipinski definition) is 1. The number of thioether (sulfide) groups is 1. The molecule has 0 heterocycles. The second-order valence-electron chi connectivity index (χ2n) is 5.70. The van der Waals surface area contributed by atoms with Crippen molar-refractivity contribution in [1.82, 2.24) is 0 Å². The summed E-state index contributed by atoms with van der Waals surface area (Å²) in [4.78, 5) is 12.6. The fourth-order valence-corrected chi connectivity index (χ4v) is 3.90. The van der Waals surface area contributed by atoms with Crippen LogP contribution in [0.15, 0.2) is 23.1 Å². The van der Waals surface area contributed by atoms with Gasteiger partial charge in [0, 0.05) is 22.3 Å². The first-order valence-electron chi connectivity index (χ1n) is 7.13. The summed E-state index contributed by atoms with van der Waals surface area (Å²) in [5.74, 6) is 1.62. The van der Waals surface area contributed by atoms with Gasteiger partial charge in [-0.05, 0) is 37.3 Å². The average molecular weight is 309 g/mol. The molecule has 5 heteroatoms. The highest BCUT2D eigenvalue weighted by Crippen LogP contribution is 2.52. The Morgan fingerprint density at radius 2 is 2.14 bits per heavy atom. The molecule has 0 radical (unpaired) electrons. The number of methoxy groups -OCH3 is 2. The lowest BCUT2D eigenvalue weighted by molar-refractivity contribution is -0.141. The maximum Gasteiger partial charge on any atom is 0.306 e. The van der Waals surface area contributed by atoms with Gasteiger partial charge in [0.1, 0.15) is 5.75 Å². The van der Waals surface area contributed by atoms with Crippen molar-refractivity contribution in [1.29, 1.82) is 0 Å². The molecule has 0 unspecified atom stereocenters. The van der Waals surface area contributed by atoms with Gasteiger partial charge >= 0.3 is 5.97 Å². The van der Waals surface area contributed by atoms with Crippen LogP contribution in [0.2, 0.25) is 0 Å². The molecule has 2 rings (SSSR count). The summed E-state index contributed by atoms with van der Waals surface area (Å²) in [5, 5.41) is 0. The summed E-state index contributed by atoms with van der Waals surface area (Å²) in [7, 11) is 3.11. The van der Waals surface area contributed by atoms with E-state index in [4.69, 9.17) is 15.2 Å². The van der Waals surface area contributed by atoms with Crippen molar-refractivity contribution < 1.29 is 14.3 Å². The predicted molar refractivity (Wildman–Crippen MR) is 84.6 cm³/mol. The van der Waals surface area contributed by atoms with Crippen LogP contribution in [0.25, 0.3) is 0 Å². The highest BCUT2D eigenvalue weighted by Gasteiger charge is 2.44. The summed E-state index contributed by atoms with van der Waals surface area (Å²) in [5.41, 5.74) is 7.23. The van der Waals surface area contributed by atoms with Crippen LogP contribution in [0, 0.1) is 5.41 Å². The Kier molecular flexibility index (Phi) is 5.17. The van der Waals surface area contributed by atoms with Crippen LogP contribution in [0.4, 0.5) is 0 Å². The van der Waals surface area contributed by atoms with E-state index in [1.807, 2.05) is 19.1 Å². The third-order valence-electron chi connectivity index (χ3n) is 3.94. The third-order valence-corrected chi connectivity index (χ3v) is 5.36. The fourth-order valence-electron chi connectivity index (χ4n) is 2.43. The molecular weight excluding hydrogens is 286 g/mol. The summed E-state index contributed by atoms with van der Waals surface area (Å²) in [6.07, 6.45) is 2.69. The van der Waals surface area contributed by atoms with Gasteiger partial charge in [0.15, 0.2) is 0 Å². The molecular formula is C16H23NO3S. The molecule has 0 spiro atoms. The van der Waals surface area contributed by atoms with Crippen molar-refractivity contribution in [2.75, 3.05) is 20.0 Å². The van der Waals surface area contributed by atoms with Crippen LogP contribution in [0.3, 0.4) is 0 Å². The minimum absolute atomic E-state index is 0.0839. The minimum Gasteiger partial charge on any atom is -0.496 e. The third kappa shape index (κ3) is 3.92. The van der Waals surface area contributed by atoms with Crippen LogP contribution >= 0.6 is 11.8 Å². The van der Waals surface area contributed by atoms with Gasteiger partial charge in [0.25, 0.3) is 0 Å². The summed E-state index contributed by atoms with van der Waals surface area (Å²) in [6.45, 7) is 1.96. The van der Waals surface area contributed by atoms with E-state index < -0.39 is 0 Å². The predicted octanol–water partition coefficient (Wildman–Crippen LogP) is 3.15. The van der Waals surface area contributed by atoms with Crippen LogP contribution in [0.5, 0.6) is 5.75 Å². The zero-order valence-electron chi connectivity index (χ0n) is 12.8. The van der Waals surface area contributed by atoms with Gasteiger partial charge in [0.05, 0.1) is 20.6 Å². The molecule has 4 nitrogen and oxygen atoms in total. The highest BCUT2D eigenvalue weighted by atomic mass is 32.2. The van der Waals surface area contributed by atoms with Crippen molar-refractivity contribution in [3.8, 4) is 5.75 Å². The lowest BCUT2D eigenvalue weighted by Crippen LogP contribution is -2.14. The molecule has 0 aliphatic heterocycles. The SMILES string of the molecule is COC(=O)CC1(CSc2cccc(OC)c2[C@@H](C)N)CC1. The van der Waals surface area contributed by atoms with Crippen LogP contribution in [-0.2, 0) is 9.53 Å². The molecule has 1 fully saturated rings. The van der Waals surface area contributed by atoms with E-state index >= 15 is 0 Å². The Morgan fingerprint density at radius 3 is 2.67 bits per heavy atom. The first-order chi connectivity index (χ1) is 10.0. The Labute approximate surface area is 130 Å². The van der Waals surface area contributed by atoms with Crippen LogP contribution in [-0.4, -0.2) is 25.9 Å². The number of carbonyl (C=O) groups excluding carboxylic acids is 1. The van der Waals surface area contributed by atoms with Gasteiger partial charge in [-0.1, -0.05) is 6.07 Å². The number of benzene rings is 1. The smallest absolute Gasteiger partial charge is 0.306 e. The molecule has 116 valence electrons. The summed E-state index contributed by atoms with van der Waals surface area (Å²) in [6, 6.07) is 5.90. The lowest BCUT2D eigenvalue weighted by Gasteiger charge is -2.18. The van der Waals surface area contributed by atoms with Gasteiger partial charge in [-0.15, -0.1) is 11.8 Å².